The number of fused-ring (bicyclic) bond motifs is 1. The van der Waals surface area contributed by atoms with Gasteiger partial charge in [-0.05, 0) is 51.1 Å². The maximum atomic E-state index is 12.4. The van der Waals surface area contributed by atoms with Gasteiger partial charge >= 0.3 is 6.18 Å². The van der Waals surface area contributed by atoms with Crippen LogP contribution in [0.25, 0.3) is 0 Å². The molecule has 1 amide bonds. The molecular formula is C17H26F3N5O3. The highest BCUT2D eigenvalue weighted by molar-refractivity contribution is 5.75. The van der Waals surface area contributed by atoms with Crippen LogP contribution in [0.15, 0.2) is 0 Å². The number of nitrogens with one attached hydrogen (secondary N) is 2. The topological polar surface area (TPSA) is 111 Å². The van der Waals surface area contributed by atoms with Crippen molar-refractivity contribution in [2.24, 2.45) is 5.92 Å². The van der Waals surface area contributed by atoms with Crippen LogP contribution in [0.2, 0.25) is 0 Å². The van der Waals surface area contributed by atoms with E-state index in [-0.39, 0.29) is 24.7 Å². The van der Waals surface area contributed by atoms with Crippen LogP contribution in [0.3, 0.4) is 0 Å². The standard InChI is InChI=1S/C16H24F3N5O.CH2O2/c17-16(18,19)15-21-13(22-23-15)10-20-14(25)7-6-11-4-3-9-24-8-2-1-5-12(11)24;2-1-3/h11-12H,1-10H2,(H,20,25)(H,21,22,23);1H,(H,2,3)/t11-,12+;/m0./s1. The molecule has 0 radical (unpaired) electrons. The van der Waals surface area contributed by atoms with E-state index in [0.29, 0.717) is 18.4 Å². The average molecular weight is 405 g/mol. The molecule has 0 bridgehead atoms. The summed E-state index contributed by atoms with van der Waals surface area (Å²) in [6.45, 7) is 2.02. The Bertz CT molecular complexity index is 636. The van der Waals surface area contributed by atoms with Crippen LogP contribution >= 0.6 is 0 Å². The second kappa shape index (κ2) is 10.4. The van der Waals surface area contributed by atoms with Gasteiger partial charge in [0.25, 0.3) is 12.3 Å². The van der Waals surface area contributed by atoms with E-state index in [1.807, 2.05) is 0 Å². The van der Waals surface area contributed by atoms with Crippen LogP contribution in [-0.4, -0.2) is 56.7 Å². The highest BCUT2D eigenvalue weighted by Gasteiger charge is 2.36. The molecule has 1 aromatic rings. The lowest BCUT2D eigenvalue weighted by Gasteiger charge is -2.44. The molecule has 0 saturated carbocycles. The monoisotopic (exact) mass is 405 g/mol. The van der Waals surface area contributed by atoms with E-state index >= 15 is 0 Å². The molecule has 28 heavy (non-hydrogen) atoms. The Morgan fingerprint density at radius 3 is 2.68 bits per heavy atom. The Hall–Kier alpha value is -2.17. The molecule has 2 fully saturated rings. The third-order valence-electron chi connectivity index (χ3n) is 5.21. The molecule has 0 aromatic carbocycles. The number of carboxylic acid groups (broad SMARTS) is 1. The Morgan fingerprint density at radius 2 is 2.00 bits per heavy atom. The molecule has 3 rings (SSSR count). The fourth-order valence-corrected chi connectivity index (χ4v) is 4.00. The second-order valence-corrected chi connectivity index (χ2v) is 7.03. The number of nitrogens with zero attached hydrogens (tertiary/aromatic N) is 3. The van der Waals surface area contributed by atoms with Crippen molar-refractivity contribution in [3.05, 3.63) is 11.6 Å². The van der Waals surface area contributed by atoms with Gasteiger partial charge in [0.1, 0.15) is 5.82 Å². The smallest absolute Gasteiger partial charge is 0.453 e. The van der Waals surface area contributed by atoms with E-state index in [4.69, 9.17) is 9.90 Å². The summed E-state index contributed by atoms with van der Waals surface area (Å²) in [5, 5.41) is 14.8. The maximum absolute atomic E-state index is 12.4. The van der Waals surface area contributed by atoms with Gasteiger partial charge in [0.15, 0.2) is 0 Å². The molecule has 2 aliphatic heterocycles. The number of H-pyrrole nitrogens is 1. The number of halogens is 3. The minimum atomic E-state index is -4.58. The second-order valence-electron chi connectivity index (χ2n) is 7.03. The van der Waals surface area contributed by atoms with Gasteiger partial charge in [-0.3, -0.25) is 14.7 Å². The number of amides is 1. The van der Waals surface area contributed by atoms with Crippen LogP contribution < -0.4 is 5.32 Å². The lowest BCUT2D eigenvalue weighted by molar-refractivity contribution is -0.144. The van der Waals surface area contributed by atoms with Gasteiger partial charge in [0.05, 0.1) is 6.54 Å². The van der Waals surface area contributed by atoms with Crippen molar-refractivity contribution >= 4 is 12.4 Å². The van der Waals surface area contributed by atoms with Crippen LogP contribution in [0.5, 0.6) is 0 Å². The Kier molecular flexibility index (Phi) is 8.21. The van der Waals surface area contributed by atoms with E-state index in [9.17, 15) is 18.0 Å². The minimum absolute atomic E-state index is 0.0109. The van der Waals surface area contributed by atoms with Crippen LogP contribution in [0.1, 0.15) is 56.6 Å². The third kappa shape index (κ3) is 6.47. The summed E-state index contributed by atoms with van der Waals surface area (Å²) in [6, 6.07) is 0.596. The number of carbonyl (C=O) groups excluding carboxylic acids is 1. The first-order valence-electron chi connectivity index (χ1n) is 9.42. The highest BCUT2D eigenvalue weighted by Crippen LogP contribution is 2.33. The minimum Gasteiger partial charge on any atom is -0.483 e. The van der Waals surface area contributed by atoms with E-state index in [1.54, 1.807) is 0 Å². The first-order chi connectivity index (χ1) is 13.3. The Balaban J connectivity index is 0.000000878. The Morgan fingerprint density at radius 1 is 1.29 bits per heavy atom. The largest absolute Gasteiger partial charge is 0.483 e. The number of carbonyl (C=O) groups is 2. The third-order valence-corrected chi connectivity index (χ3v) is 5.21. The van der Waals surface area contributed by atoms with Gasteiger partial charge in [0.2, 0.25) is 5.91 Å². The fourth-order valence-electron chi connectivity index (χ4n) is 4.00. The van der Waals surface area contributed by atoms with Crippen molar-refractivity contribution in [3.63, 3.8) is 0 Å². The fraction of sp³-hybridized carbons (Fsp3) is 0.765. The number of hydrogen-bond acceptors (Lipinski definition) is 5. The number of aromatic amines is 1. The summed E-state index contributed by atoms with van der Waals surface area (Å²) in [4.78, 5) is 26.3. The van der Waals surface area contributed by atoms with E-state index in [2.05, 4.69) is 25.4 Å². The summed E-state index contributed by atoms with van der Waals surface area (Å²) >= 11 is 0. The molecule has 11 heteroatoms. The van der Waals surface area contributed by atoms with Gasteiger partial charge < -0.3 is 15.3 Å². The number of aromatic nitrogens is 3. The first-order valence-corrected chi connectivity index (χ1v) is 9.42. The van der Waals surface area contributed by atoms with Crippen LogP contribution in [0, 0.1) is 5.92 Å². The molecule has 0 aliphatic carbocycles. The molecule has 2 aliphatic rings. The zero-order valence-electron chi connectivity index (χ0n) is 15.5. The summed E-state index contributed by atoms with van der Waals surface area (Å²) in [7, 11) is 0. The lowest BCUT2D eigenvalue weighted by atomic mass is 9.81. The summed E-state index contributed by atoms with van der Waals surface area (Å²) in [6.07, 6.45) is 2.73. The maximum Gasteiger partial charge on any atom is 0.453 e. The van der Waals surface area contributed by atoms with Gasteiger partial charge in [-0.1, -0.05) is 6.42 Å². The van der Waals surface area contributed by atoms with E-state index < -0.39 is 12.0 Å². The molecule has 3 N–H and O–H groups in total. The molecular weight excluding hydrogens is 379 g/mol. The average Bonchev–Trinajstić information content (AvgIpc) is 3.15. The van der Waals surface area contributed by atoms with Crippen molar-refractivity contribution in [3.8, 4) is 0 Å². The molecule has 3 heterocycles. The molecule has 0 spiro atoms. The van der Waals surface area contributed by atoms with E-state index in [0.717, 1.165) is 12.8 Å². The molecule has 0 unspecified atom stereocenters. The van der Waals surface area contributed by atoms with Crippen LogP contribution in [-0.2, 0) is 22.3 Å². The predicted octanol–water partition coefficient (Wildman–Crippen LogP) is 2.19. The molecule has 8 nitrogen and oxygen atoms in total. The van der Waals surface area contributed by atoms with Gasteiger partial charge in [-0.2, -0.15) is 13.2 Å². The van der Waals surface area contributed by atoms with Crippen LogP contribution in [0.4, 0.5) is 13.2 Å². The lowest BCUT2D eigenvalue weighted by Crippen LogP contribution is -2.48. The highest BCUT2D eigenvalue weighted by atomic mass is 19.4. The summed E-state index contributed by atoms with van der Waals surface area (Å²) in [5.41, 5.74) is 0. The zero-order valence-corrected chi connectivity index (χ0v) is 15.5. The SMILES string of the molecule is O=C(CC[C@@H]1CCCN2CCCC[C@H]12)NCc1nc(C(F)(F)F)n[nH]1.O=CO. The molecule has 2 atom stereocenters. The molecule has 158 valence electrons. The quantitative estimate of drug-likeness (QED) is 0.648. The normalized spacial score (nSPS) is 22.5. The number of piperidine rings is 2. The Labute approximate surface area is 160 Å². The van der Waals surface area contributed by atoms with E-state index in [1.165, 1.54) is 38.8 Å². The predicted molar refractivity (Wildman–Crippen MR) is 93.1 cm³/mol. The number of hydrogen-bond donors (Lipinski definition) is 3. The number of rotatable bonds is 5. The van der Waals surface area contributed by atoms with Crippen molar-refractivity contribution in [2.45, 2.75) is 63.7 Å². The van der Waals surface area contributed by atoms with Crippen molar-refractivity contribution < 1.29 is 27.9 Å². The summed E-state index contributed by atoms with van der Waals surface area (Å²) in [5.74, 6) is -0.812. The van der Waals surface area contributed by atoms with Gasteiger partial charge in [-0.25, -0.2) is 4.98 Å². The van der Waals surface area contributed by atoms with Crippen molar-refractivity contribution in [1.29, 1.82) is 0 Å². The molecule has 2 saturated heterocycles. The number of alkyl halides is 3. The first kappa shape index (κ1) is 22.1. The molecule has 1 aromatic heterocycles. The van der Waals surface area contributed by atoms with Gasteiger partial charge in [0, 0.05) is 12.5 Å². The van der Waals surface area contributed by atoms with Crippen molar-refractivity contribution in [1.82, 2.24) is 25.4 Å². The zero-order chi connectivity index (χ0) is 20.6. The van der Waals surface area contributed by atoms with Crippen molar-refractivity contribution in [2.75, 3.05) is 13.1 Å². The summed E-state index contributed by atoms with van der Waals surface area (Å²) < 4.78 is 37.3. The van der Waals surface area contributed by atoms with Gasteiger partial charge in [-0.15, -0.1) is 5.10 Å².